The molecule has 1 aromatic rings. The number of hydrogen-bond donors (Lipinski definition) is 2. The highest BCUT2D eigenvalue weighted by Crippen LogP contribution is 2.31. The van der Waals surface area contributed by atoms with E-state index in [4.69, 9.17) is 10.6 Å². The van der Waals surface area contributed by atoms with E-state index in [1.807, 2.05) is 6.92 Å². The zero-order chi connectivity index (χ0) is 13.1. The number of nitrogens with two attached hydrogens (primary N) is 1. The monoisotopic (exact) mass is 244 g/mol. The number of rotatable bonds is 5. The second-order valence-corrected chi connectivity index (χ2v) is 4.27. The number of ether oxygens (including phenoxy) is 1. The van der Waals surface area contributed by atoms with Crippen LogP contribution >= 0.6 is 0 Å². The van der Waals surface area contributed by atoms with Gasteiger partial charge in [-0.2, -0.15) is 0 Å². The molecule has 0 aliphatic carbocycles. The van der Waals surface area contributed by atoms with Gasteiger partial charge in [0.25, 0.3) is 0 Å². The fourth-order valence-corrected chi connectivity index (χ4v) is 1.87. The number of hydrazine groups is 1. The summed E-state index contributed by atoms with van der Waals surface area (Å²) in [7, 11) is 0. The SMILES string of the molecule is CCOC(C)(C)C(NN)c1c(F)cccc1F. The van der Waals surface area contributed by atoms with Crippen LogP contribution in [0, 0.1) is 11.6 Å². The quantitative estimate of drug-likeness (QED) is 0.617. The van der Waals surface area contributed by atoms with Gasteiger partial charge in [0, 0.05) is 12.2 Å². The summed E-state index contributed by atoms with van der Waals surface area (Å²) in [6.07, 6.45) is 0. The first-order valence-electron chi connectivity index (χ1n) is 5.48. The average molecular weight is 244 g/mol. The van der Waals surface area contributed by atoms with Crippen molar-refractivity contribution in [2.45, 2.75) is 32.4 Å². The molecule has 0 amide bonds. The van der Waals surface area contributed by atoms with Crippen molar-refractivity contribution in [1.29, 1.82) is 0 Å². The fraction of sp³-hybridized carbons (Fsp3) is 0.500. The van der Waals surface area contributed by atoms with Crippen LogP contribution < -0.4 is 11.3 Å². The molecule has 0 bridgehead atoms. The summed E-state index contributed by atoms with van der Waals surface area (Å²) in [6.45, 7) is 5.70. The van der Waals surface area contributed by atoms with E-state index in [0.717, 1.165) is 0 Å². The third-order valence-electron chi connectivity index (χ3n) is 2.67. The lowest BCUT2D eigenvalue weighted by Gasteiger charge is -2.34. The molecule has 0 saturated heterocycles. The summed E-state index contributed by atoms with van der Waals surface area (Å²) >= 11 is 0. The lowest BCUT2D eigenvalue weighted by molar-refractivity contribution is -0.0409. The van der Waals surface area contributed by atoms with Gasteiger partial charge in [-0.25, -0.2) is 14.2 Å². The summed E-state index contributed by atoms with van der Waals surface area (Å²) in [4.78, 5) is 0. The molecule has 3 N–H and O–H groups in total. The fourth-order valence-electron chi connectivity index (χ4n) is 1.87. The van der Waals surface area contributed by atoms with Crippen LogP contribution in [-0.2, 0) is 4.74 Å². The van der Waals surface area contributed by atoms with Crippen molar-refractivity contribution in [2.75, 3.05) is 6.61 Å². The van der Waals surface area contributed by atoms with Gasteiger partial charge in [0.1, 0.15) is 11.6 Å². The van der Waals surface area contributed by atoms with Gasteiger partial charge in [-0.15, -0.1) is 0 Å². The highest BCUT2D eigenvalue weighted by Gasteiger charge is 2.34. The summed E-state index contributed by atoms with van der Waals surface area (Å²) in [5.41, 5.74) is 1.50. The Morgan fingerprint density at radius 3 is 2.29 bits per heavy atom. The van der Waals surface area contributed by atoms with E-state index in [1.165, 1.54) is 18.2 Å². The van der Waals surface area contributed by atoms with E-state index >= 15 is 0 Å². The average Bonchev–Trinajstić information content (AvgIpc) is 2.23. The summed E-state index contributed by atoms with van der Waals surface area (Å²) in [5.74, 6) is 4.12. The van der Waals surface area contributed by atoms with E-state index in [1.54, 1.807) is 13.8 Å². The molecule has 0 aromatic heterocycles. The maximum absolute atomic E-state index is 13.7. The smallest absolute Gasteiger partial charge is 0.131 e. The van der Waals surface area contributed by atoms with Crippen molar-refractivity contribution in [3.8, 4) is 0 Å². The molecule has 1 rings (SSSR count). The van der Waals surface area contributed by atoms with Crippen molar-refractivity contribution in [1.82, 2.24) is 5.43 Å². The van der Waals surface area contributed by atoms with Crippen molar-refractivity contribution in [3.63, 3.8) is 0 Å². The Morgan fingerprint density at radius 1 is 1.35 bits per heavy atom. The van der Waals surface area contributed by atoms with Crippen LogP contribution in [-0.4, -0.2) is 12.2 Å². The molecule has 0 aliphatic heterocycles. The van der Waals surface area contributed by atoms with Crippen LogP contribution in [0.15, 0.2) is 18.2 Å². The second kappa shape index (κ2) is 5.53. The van der Waals surface area contributed by atoms with Crippen molar-refractivity contribution in [2.24, 2.45) is 5.84 Å². The molecule has 0 aliphatic rings. The van der Waals surface area contributed by atoms with Crippen LogP contribution in [0.1, 0.15) is 32.4 Å². The summed E-state index contributed by atoms with van der Waals surface area (Å²) in [6, 6.07) is 2.95. The molecule has 3 nitrogen and oxygen atoms in total. The van der Waals surface area contributed by atoms with Gasteiger partial charge < -0.3 is 4.74 Å². The third-order valence-corrected chi connectivity index (χ3v) is 2.67. The number of halogens is 2. The van der Waals surface area contributed by atoms with Crippen LogP contribution in [0.3, 0.4) is 0 Å². The zero-order valence-corrected chi connectivity index (χ0v) is 10.3. The minimum absolute atomic E-state index is 0.103. The lowest BCUT2D eigenvalue weighted by Crippen LogP contribution is -2.45. The van der Waals surface area contributed by atoms with Crippen LogP contribution in [0.2, 0.25) is 0 Å². The Hall–Kier alpha value is -1.04. The Kier molecular flexibility index (Phi) is 4.56. The van der Waals surface area contributed by atoms with E-state index < -0.39 is 23.3 Å². The minimum Gasteiger partial charge on any atom is -0.374 e. The zero-order valence-electron chi connectivity index (χ0n) is 10.3. The van der Waals surface area contributed by atoms with E-state index in [0.29, 0.717) is 6.61 Å². The number of hydrogen-bond acceptors (Lipinski definition) is 3. The van der Waals surface area contributed by atoms with Crippen molar-refractivity contribution < 1.29 is 13.5 Å². The molecule has 1 atom stereocenters. The van der Waals surface area contributed by atoms with Gasteiger partial charge in [0.05, 0.1) is 11.6 Å². The van der Waals surface area contributed by atoms with E-state index in [9.17, 15) is 8.78 Å². The molecular formula is C12H18F2N2O. The minimum atomic E-state index is -0.813. The molecule has 1 unspecified atom stereocenters. The first kappa shape index (κ1) is 14.0. The Bertz CT molecular complexity index is 363. The van der Waals surface area contributed by atoms with Crippen LogP contribution in [0.25, 0.3) is 0 Å². The molecule has 0 fully saturated rings. The molecule has 96 valence electrons. The molecule has 17 heavy (non-hydrogen) atoms. The van der Waals surface area contributed by atoms with Gasteiger partial charge in [-0.3, -0.25) is 5.84 Å². The Balaban J connectivity index is 3.18. The third kappa shape index (κ3) is 3.00. The maximum Gasteiger partial charge on any atom is 0.131 e. The molecule has 5 heteroatoms. The van der Waals surface area contributed by atoms with Gasteiger partial charge >= 0.3 is 0 Å². The highest BCUT2D eigenvalue weighted by atomic mass is 19.1. The summed E-state index contributed by atoms with van der Waals surface area (Å²) in [5, 5.41) is 0. The lowest BCUT2D eigenvalue weighted by atomic mass is 9.91. The first-order valence-corrected chi connectivity index (χ1v) is 5.48. The predicted octanol–water partition coefficient (Wildman–Crippen LogP) is 2.28. The molecule has 0 radical (unpaired) electrons. The Labute approximate surface area is 99.9 Å². The standard InChI is InChI=1S/C12H18F2N2O/c1-4-17-12(2,3)11(16-15)10-8(13)6-5-7-9(10)14/h5-7,11,16H,4,15H2,1-3H3. The molecule has 0 saturated carbocycles. The van der Waals surface area contributed by atoms with Gasteiger partial charge in [-0.05, 0) is 32.9 Å². The normalized spacial score (nSPS) is 13.8. The van der Waals surface area contributed by atoms with Gasteiger partial charge in [0.2, 0.25) is 0 Å². The number of benzene rings is 1. The topological polar surface area (TPSA) is 47.3 Å². The second-order valence-electron chi connectivity index (χ2n) is 4.27. The first-order chi connectivity index (χ1) is 7.94. The van der Waals surface area contributed by atoms with Crippen molar-refractivity contribution >= 4 is 0 Å². The van der Waals surface area contributed by atoms with Gasteiger partial charge in [-0.1, -0.05) is 6.07 Å². The highest BCUT2D eigenvalue weighted by molar-refractivity contribution is 5.25. The summed E-state index contributed by atoms with van der Waals surface area (Å²) < 4.78 is 32.8. The largest absolute Gasteiger partial charge is 0.374 e. The van der Waals surface area contributed by atoms with E-state index in [2.05, 4.69) is 5.43 Å². The molecule has 0 heterocycles. The molecular weight excluding hydrogens is 226 g/mol. The maximum atomic E-state index is 13.7. The Morgan fingerprint density at radius 2 is 1.88 bits per heavy atom. The van der Waals surface area contributed by atoms with Crippen LogP contribution in [0.4, 0.5) is 8.78 Å². The predicted molar refractivity (Wildman–Crippen MR) is 62.1 cm³/mol. The van der Waals surface area contributed by atoms with Gasteiger partial charge in [0.15, 0.2) is 0 Å². The molecule has 0 spiro atoms. The van der Waals surface area contributed by atoms with Crippen LogP contribution in [0.5, 0.6) is 0 Å². The van der Waals surface area contributed by atoms with Crippen molar-refractivity contribution in [3.05, 3.63) is 35.4 Å². The molecule has 1 aromatic carbocycles. The number of nitrogens with one attached hydrogen (secondary N) is 1. The van der Waals surface area contributed by atoms with E-state index in [-0.39, 0.29) is 5.56 Å².